The van der Waals surface area contributed by atoms with Crippen LogP contribution in [0.15, 0.2) is 48.5 Å². The van der Waals surface area contributed by atoms with E-state index < -0.39 is 28.9 Å². The number of nitrogens with zero attached hydrogens (tertiary/aromatic N) is 1. The molecule has 3 N–H and O–H groups in total. The Morgan fingerprint density at radius 2 is 1.76 bits per heavy atom. The summed E-state index contributed by atoms with van der Waals surface area (Å²) in [4.78, 5) is 39.2. The highest BCUT2D eigenvalue weighted by Crippen LogP contribution is 2.46. The van der Waals surface area contributed by atoms with Gasteiger partial charge in [0.15, 0.2) is 0 Å². The van der Waals surface area contributed by atoms with Crippen LogP contribution in [0.1, 0.15) is 66.3 Å². The van der Waals surface area contributed by atoms with E-state index in [0.717, 1.165) is 5.56 Å². The molecule has 2 aromatic rings. The van der Waals surface area contributed by atoms with Crippen molar-refractivity contribution in [1.82, 2.24) is 10.2 Å². The van der Waals surface area contributed by atoms with Gasteiger partial charge in [0.25, 0.3) is 5.91 Å². The molecule has 1 heterocycles. The lowest BCUT2D eigenvalue weighted by Crippen LogP contribution is -2.59. The van der Waals surface area contributed by atoms with Gasteiger partial charge in [-0.3, -0.25) is 9.59 Å². The molecule has 2 atom stereocenters. The number of rotatable bonds is 7. The molecule has 2 amide bonds. The van der Waals surface area contributed by atoms with E-state index in [1.807, 2.05) is 32.9 Å². The molecule has 0 saturated carbocycles. The van der Waals surface area contributed by atoms with Crippen molar-refractivity contribution in [2.45, 2.75) is 51.7 Å². The molecule has 2 aromatic carbocycles. The number of likely N-dealkylation sites (tertiary alicyclic amines) is 1. The standard InChI is InChI=1S/C26H31ClN2O5/c1-4-6-21(28-22(30)17-7-5-8-18(15-17)24(32)33)23(31)29-14-13-26(34,25(2,3)16-29)19-9-11-20(27)12-10-19/h5,7-12,15,21,34H,4,6,13-14,16H2,1-3H3,(H,28,30)(H,32,33)/t21-,26+/m1/s1. The van der Waals surface area contributed by atoms with Gasteiger partial charge in [-0.25, -0.2) is 4.79 Å². The summed E-state index contributed by atoms with van der Waals surface area (Å²) in [6.07, 6.45) is 1.47. The largest absolute Gasteiger partial charge is 0.478 e. The van der Waals surface area contributed by atoms with Gasteiger partial charge in [0.2, 0.25) is 5.91 Å². The van der Waals surface area contributed by atoms with Crippen molar-refractivity contribution in [3.63, 3.8) is 0 Å². The number of carbonyl (C=O) groups is 3. The van der Waals surface area contributed by atoms with Gasteiger partial charge in [0.1, 0.15) is 6.04 Å². The normalized spacial score (nSPS) is 20.4. The Balaban J connectivity index is 1.76. The maximum absolute atomic E-state index is 13.4. The number of aliphatic hydroxyl groups is 1. The summed E-state index contributed by atoms with van der Waals surface area (Å²) in [5.41, 5.74) is -0.832. The van der Waals surface area contributed by atoms with Crippen molar-refractivity contribution >= 4 is 29.4 Å². The SMILES string of the molecule is CCC[C@@H](NC(=O)c1cccc(C(=O)O)c1)C(=O)N1CC[C@](O)(c2ccc(Cl)cc2)C(C)(C)C1. The maximum Gasteiger partial charge on any atom is 0.335 e. The number of piperidine rings is 1. The number of benzene rings is 2. The van der Waals surface area contributed by atoms with Crippen LogP contribution in [-0.4, -0.2) is 52.0 Å². The molecule has 0 bridgehead atoms. The number of hydrogen-bond acceptors (Lipinski definition) is 4. The Morgan fingerprint density at radius 3 is 2.35 bits per heavy atom. The van der Waals surface area contributed by atoms with Crippen LogP contribution in [0.25, 0.3) is 0 Å². The van der Waals surface area contributed by atoms with Crippen LogP contribution in [0, 0.1) is 5.41 Å². The molecule has 7 nitrogen and oxygen atoms in total. The number of hydrogen-bond donors (Lipinski definition) is 3. The highest BCUT2D eigenvalue weighted by Gasteiger charge is 2.50. The molecule has 34 heavy (non-hydrogen) atoms. The second kappa shape index (κ2) is 10.2. The Bertz CT molecular complexity index is 1070. The van der Waals surface area contributed by atoms with Gasteiger partial charge in [-0.05, 0) is 48.7 Å². The van der Waals surface area contributed by atoms with Gasteiger partial charge in [0, 0.05) is 29.1 Å². The third-order valence-corrected chi connectivity index (χ3v) is 6.89. The van der Waals surface area contributed by atoms with Crippen LogP contribution >= 0.6 is 11.6 Å². The summed E-state index contributed by atoms with van der Waals surface area (Å²) in [6.45, 7) is 6.43. The fourth-order valence-corrected chi connectivity index (χ4v) is 4.70. The Labute approximate surface area is 204 Å². The van der Waals surface area contributed by atoms with Crippen molar-refractivity contribution in [3.8, 4) is 0 Å². The third kappa shape index (κ3) is 5.26. The van der Waals surface area contributed by atoms with Crippen LogP contribution in [0.3, 0.4) is 0 Å². The van der Waals surface area contributed by atoms with Gasteiger partial charge in [-0.15, -0.1) is 0 Å². The fraction of sp³-hybridized carbons (Fsp3) is 0.423. The van der Waals surface area contributed by atoms with Crippen molar-refractivity contribution < 1.29 is 24.6 Å². The van der Waals surface area contributed by atoms with Crippen molar-refractivity contribution in [1.29, 1.82) is 0 Å². The zero-order valence-corrected chi connectivity index (χ0v) is 20.4. The van der Waals surface area contributed by atoms with Gasteiger partial charge in [-0.2, -0.15) is 0 Å². The predicted octanol–water partition coefficient (Wildman–Crippen LogP) is 4.08. The van der Waals surface area contributed by atoms with Crippen LogP contribution < -0.4 is 5.32 Å². The Hall–Kier alpha value is -2.90. The summed E-state index contributed by atoms with van der Waals surface area (Å²) in [5, 5.41) is 24.1. The molecule has 182 valence electrons. The van der Waals surface area contributed by atoms with Gasteiger partial charge in [0.05, 0.1) is 11.2 Å². The molecule has 8 heteroatoms. The van der Waals surface area contributed by atoms with Gasteiger partial charge >= 0.3 is 5.97 Å². The minimum absolute atomic E-state index is 0.00489. The average molecular weight is 487 g/mol. The first-order chi connectivity index (χ1) is 16.0. The van der Waals surface area contributed by atoms with Gasteiger partial charge < -0.3 is 20.4 Å². The van der Waals surface area contributed by atoms with Crippen LogP contribution in [0.5, 0.6) is 0 Å². The fourth-order valence-electron chi connectivity index (χ4n) is 4.57. The Kier molecular flexibility index (Phi) is 7.68. The second-order valence-electron chi connectivity index (χ2n) is 9.46. The number of nitrogens with one attached hydrogen (secondary N) is 1. The van der Waals surface area contributed by atoms with Crippen LogP contribution in [0.2, 0.25) is 5.02 Å². The first-order valence-electron chi connectivity index (χ1n) is 11.4. The number of amides is 2. The maximum atomic E-state index is 13.4. The van der Waals surface area contributed by atoms with E-state index in [0.29, 0.717) is 37.4 Å². The number of carboxylic acids is 1. The lowest BCUT2D eigenvalue weighted by atomic mass is 9.66. The predicted molar refractivity (Wildman–Crippen MR) is 130 cm³/mol. The van der Waals surface area contributed by atoms with E-state index in [-0.39, 0.29) is 17.0 Å². The molecular formula is C26H31ClN2O5. The Morgan fingerprint density at radius 1 is 1.12 bits per heavy atom. The van der Waals surface area contributed by atoms with Crippen molar-refractivity contribution in [2.75, 3.05) is 13.1 Å². The summed E-state index contributed by atoms with van der Waals surface area (Å²) >= 11 is 6.01. The summed E-state index contributed by atoms with van der Waals surface area (Å²) in [6, 6.07) is 12.1. The summed E-state index contributed by atoms with van der Waals surface area (Å²) in [7, 11) is 0. The molecule has 3 rings (SSSR count). The van der Waals surface area contributed by atoms with Crippen molar-refractivity contribution in [2.24, 2.45) is 5.41 Å². The number of carboxylic acid groups (broad SMARTS) is 1. The minimum atomic E-state index is -1.13. The lowest BCUT2D eigenvalue weighted by Gasteiger charge is -2.51. The second-order valence-corrected chi connectivity index (χ2v) is 9.90. The molecule has 1 saturated heterocycles. The van der Waals surface area contributed by atoms with Gasteiger partial charge in [-0.1, -0.05) is 57.0 Å². The highest BCUT2D eigenvalue weighted by molar-refractivity contribution is 6.30. The van der Waals surface area contributed by atoms with E-state index in [2.05, 4.69) is 5.32 Å². The quantitative estimate of drug-likeness (QED) is 0.546. The number of carbonyl (C=O) groups excluding carboxylic acids is 2. The smallest absolute Gasteiger partial charge is 0.335 e. The summed E-state index contributed by atoms with van der Waals surface area (Å²) < 4.78 is 0. The van der Waals surface area contributed by atoms with Crippen LogP contribution in [0.4, 0.5) is 0 Å². The molecule has 0 unspecified atom stereocenters. The van der Waals surface area contributed by atoms with E-state index in [4.69, 9.17) is 11.6 Å². The third-order valence-electron chi connectivity index (χ3n) is 6.64. The number of aromatic carboxylic acids is 1. The summed E-state index contributed by atoms with van der Waals surface area (Å²) in [5.74, 6) is -1.83. The molecular weight excluding hydrogens is 456 g/mol. The molecule has 0 spiro atoms. The highest BCUT2D eigenvalue weighted by atomic mass is 35.5. The van der Waals surface area contributed by atoms with E-state index in [1.54, 1.807) is 17.0 Å². The lowest BCUT2D eigenvalue weighted by molar-refractivity contribution is -0.154. The zero-order chi connectivity index (χ0) is 25.1. The molecule has 0 aromatic heterocycles. The van der Waals surface area contributed by atoms with Crippen molar-refractivity contribution in [3.05, 3.63) is 70.2 Å². The first-order valence-corrected chi connectivity index (χ1v) is 11.8. The number of halogens is 1. The van der Waals surface area contributed by atoms with E-state index >= 15 is 0 Å². The van der Waals surface area contributed by atoms with E-state index in [1.165, 1.54) is 24.3 Å². The molecule has 1 fully saturated rings. The molecule has 0 radical (unpaired) electrons. The average Bonchev–Trinajstić information content (AvgIpc) is 2.80. The topological polar surface area (TPSA) is 107 Å². The molecule has 1 aliphatic heterocycles. The molecule has 0 aliphatic carbocycles. The van der Waals surface area contributed by atoms with Crippen LogP contribution in [-0.2, 0) is 10.4 Å². The minimum Gasteiger partial charge on any atom is -0.478 e. The first kappa shape index (κ1) is 25.7. The zero-order valence-electron chi connectivity index (χ0n) is 19.7. The molecule has 1 aliphatic rings. The monoisotopic (exact) mass is 486 g/mol. The van der Waals surface area contributed by atoms with E-state index in [9.17, 15) is 24.6 Å².